The first kappa shape index (κ1) is 22.2. The van der Waals surface area contributed by atoms with Crippen LogP contribution in [0.25, 0.3) is 0 Å². The van der Waals surface area contributed by atoms with Crippen LogP contribution in [-0.2, 0) is 16.0 Å². The number of ether oxygens (including phenoxy) is 2. The highest BCUT2D eigenvalue weighted by molar-refractivity contribution is 5.71. The van der Waals surface area contributed by atoms with Gasteiger partial charge in [0.2, 0.25) is 0 Å². The Bertz CT molecular complexity index is 845. The van der Waals surface area contributed by atoms with Gasteiger partial charge in [0.05, 0.1) is 18.3 Å². The number of aliphatic hydroxyl groups excluding tert-OH is 1. The number of aliphatic hydroxyl groups is 1. The second-order valence-corrected chi connectivity index (χ2v) is 6.57. The fourth-order valence-electron chi connectivity index (χ4n) is 2.80. The summed E-state index contributed by atoms with van der Waals surface area (Å²) in [5, 5.41) is 32.3. The lowest BCUT2D eigenvalue weighted by Crippen LogP contribution is -2.33. The normalized spacial score (nSPS) is 12.6. The average molecular weight is 398 g/mol. The van der Waals surface area contributed by atoms with Gasteiger partial charge in [0.25, 0.3) is 0 Å². The molecule has 0 amide bonds. The van der Waals surface area contributed by atoms with Crippen molar-refractivity contribution < 1.29 is 24.5 Å². The fourth-order valence-corrected chi connectivity index (χ4v) is 2.80. The Balaban J connectivity index is 1.87. The van der Waals surface area contributed by atoms with Gasteiger partial charge in [0.15, 0.2) is 6.61 Å². The third-order valence-electron chi connectivity index (χ3n) is 4.40. The van der Waals surface area contributed by atoms with Crippen LogP contribution in [0.3, 0.4) is 0 Å². The van der Waals surface area contributed by atoms with E-state index in [-0.39, 0.29) is 25.0 Å². The summed E-state index contributed by atoms with van der Waals surface area (Å²) in [4.78, 5) is 11.4. The van der Waals surface area contributed by atoms with Crippen molar-refractivity contribution in [2.24, 2.45) is 0 Å². The van der Waals surface area contributed by atoms with Crippen LogP contribution in [0, 0.1) is 11.3 Å². The number of benzene rings is 2. The topological polar surface area (TPSA) is 112 Å². The Morgan fingerprint density at radius 1 is 1.24 bits per heavy atom. The summed E-state index contributed by atoms with van der Waals surface area (Å²) in [6.07, 6.45) is -0.0524. The van der Waals surface area contributed by atoms with E-state index in [0.717, 1.165) is 11.1 Å². The minimum atomic E-state index is -0.705. The van der Waals surface area contributed by atoms with Gasteiger partial charge in [-0.1, -0.05) is 18.2 Å². The lowest BCUT2D eigenvalue weighted by atomic mass is 10.0. The molecule has 2 aromatic carbocycles. The van der Waals surface area contributed by atoms with E-state index in [0.29, 0.717) is 24.3 Å². The summed E-state index contributed by atoms with van der Waals surface area (Å²) in [5.74, 6) is 0.0174. The van der Waals surface area contributed by atoms with Gasteiger partial charge < -0.3 is 25.0 Å². The highest BCUT2D eigenvalue weighted by Crippen LogP contribution is 2.21. The predicted octanol–water partition coefficient (Wildman–Crippen LogP) is 2.46. The minimum Gasteiger partial charge on any atom is -0.508 e. The van der Waals surface area contributed by atoms with E-state index in [9.17, 15) is 20.3 Å². The second-order valence-electron chi connectivity index (χ2n) is 6.57. The number of carbonyl (C=O) groups is 1. The number of phenols is 1. The number of nitrogens with one attached hydrogen (secondary N) is 1. The van der Waals surface area contributed by atoms with Gasteiger partial charge in [0, 0.05) is 6.04 Å². The molecule has 0 fully saturated rings. The first-order chi connectivity index (χ1) is 13.9. The van der Waals surface area contributed by atoms with Crippen LogP contribution < -0.4 is 10.1 Å². The maximum Gasteiger partial charge on any atom is 0.344 e. The molecule has 0 spiro atoms. The molecule has 29 heavy (non-hydrogen) atoms. The number of nitrogens with zero attached hydrogens (tertiary/aromatic N) is 1. The van der Waals surface area contributed by atoms with E-state index >= 15 is 0 Å². The van der Waals surface area contributed by atoms with Crippen molar-refractivity contribution in [3.05, 3.63) is 59.2 Å². The number of rotatable bonds is 10. The zero-order valence-electron chi connectivity index (χ0n) is 16.6. The van der Waals surface area contributed by atoms with Crippen LogP contribution in [0.1, 0.15) is 36.6 Å². The van der Waals surface area contributed by atoms with Gasteiger partial charge in [-0.15, -0.1) is 0 Å². The van der Waals surface area contributed by atoms with Gasteiger partial charge >= 0.3 is 5.97 Å². The average Bonchev–Trinajstić information content (AvgIpc) is 2.72. The largest absolute Gasteiger partial charge is 0.508 e. The quantitative estimate of drug-likeness (QED) is 0.527. The number of carbonyl (C=O) groups excluding carboxylic acids is 1. The molecule has 2 atom stereocenters. The highest BCUT2D eigenvalue weighted by Gasteiger charge is 2.16. The van der Waals surface area contributed by atoms with Crippen LogP contribution in [0.4, 0.5) is 0 Å². The van der Waals surface area contributed by atoms with Crippen LogP contribution in [-0.4, -0.2) is 42.0 Å². The van der Waals surface area contributed by atoms with Crippen LogP contribution in [0.5, 0.6) is 11.5 Å². The molecule has 0 aliphatic rings. The van der Waals surface area contributed by atoms with Crippen molar-refractivity contribution in [2.75, 3.05) is 19.8 Å². The van der Waals surface area contributed by atoms with Crippen molar-refractivity contribution in [3.63, 3.8) is 0 Å². The Morgan fingerprint density at radius 2 is 1.97 bits per heavy atom. The number of hydrogen-bond acceptors (Lipinski definition) is 7. The van der Waals surface area contributed by atoms with Crippen molar-refractivity contribution in [1.82, 2.24) is 5.32 Å². The third kappa shape index (κ3) is 6.79. The molecule has 0 unspecified atom stereocenters. The van der Waals surface area contributed by atoms with E-state index in [2.05, 4.69) is 11.4 Å². The zero-order valence-corrected chi connectivity index (χ0v) is 16.6. The summed E-state index contributed by atoms with van der Waals surface area (Å²) in [7, 11) is 0. The SMILES string of the molecule is CCOC(=O)COc1ccc(CCN[C@@H](C)[C@@H](O)c2ccc(O)cc2)cc1C#N. The van der Waals surface area contributed by atoms with Crippen LogP contribution in [0.2, 0.25) is 0 Å². The highest BCUT2D eigenvalue weighted by atomic mass is 16.6. The van der Waals surface area contributed by atoms with E-state index < -0.39 is 12.1 Å². The molecule has 3 N–H and O–H groups in total. The molecule has 7 heteroatoms. The number of esters is 1. The monoisotopic (exact) mass is 398 g/mol. The summed E-state index contributed by atoms with van der Waals surface area (Å²) in [5.41, 5.74) is 2.01. The molecule has 0 saturated heterocycles. The Hall–Kier alpha value is -3.08. The molecule has 154 valence electrons. The molecule has 0 aliphatic carbocycles. The molecule has 2 aromatic rings. The van der Waals surface area contributed by atoms with Gasteiger partial charge in [0.1, 0.15) is 17.6 Å². The van der Waals surface area contributed by atoms with E-state index in [1.54, 1.807) is 43.3 Å². The Morgan fingerprint density at radius 3 is 2.62 bits per heavy atom. The van der Waals surface area contributed by atoms with Crippen LogP contribution in [0.15, 0.2) is 42.5 Å². The third-order valence-corrected chi connectivity index (χ3v) is 4.40. The van der Waals surface area contributed by atoms with E-state index in [4.69, 9.17) is 9.47 Å². The lowest BCUT2D eigenvalue weighted by Gasteiger charge is -2.21. The Labute approximate surface area is 170 Å². The molecular formula is C22H26N2O5. The van der Waals surface area contributed by atoms with Crippen molar-refractivity contribution in [3.8, 4) is 17.6 Å². The molecule has 0 saturated carbocycles. The second kappa shape index (κ2) is 11.1. The lowest BCUT2D eigenvalue weighted by molar-refractivity contribution is -0.145. The van der Waals surface area contributed by atoms with Crippen molar-refractivity contribution in [2.45, 2.75) is 32.4 Å². The van der Waals surface area contributed by atoms with Gasteiger partial charge in [-0.05, 0) is 62.2 Å². The van der Waals surface area contributed by atoms with Gasteiger partial charge in [-0.3, -0.25) is 0 Å². The van der Waals surface area contributed by atoms with Crippen molar-refractivity contribution >= 4 is 5.97 Å². The molecule has 7 nitrogen and oxygen atoms in total. The standard InChI is InChI=1S/C22H26N2O5/c1-3-28-21(26)14-29-20-9-4-16(12-18(20)13-23)10-11-24-15(2)22(27)17-5-7-19(25)8-6-17/h4-9,12,15,22,24-25,27H,3,10-11,14H2,1-2H3/t15-,22+/m0/s1. The molecule has 0 bridgehead atoms. The molecule has 0 radical (unpaired) electrons. The Kier molecular flexibility index (Phi) is 8.46. The van der Waals surface area contributed by atoms with Gasteiger partial charge in [-0.2, -0.15) is 5.26 Å². The summed E-state index contributed by atoms with van der Waals surface area (Å²) in [6.45, 7) is 4.23. The molecular weight excluding hydrogens is 372 g/mol. The zero-order chi connectivity index (χ0) is 21.2. The van der Waals surface area contributed by atoms with E-state index in [1.165, 1.54) is 0 Å². The van der Waals surface area contributed by atoms with Crippen molar-refractivity contribution in [1.29, 1.82) is 5.26 Å². The fraction of sp³-hybridized carbons (Fsp3) is 0.364. The molecule has 0 aromatic heterocycles. The smallest absolute Gasteiger partial charge is 0.344 e. The molecule has 2 rings (SSSR count). The predicted molar refractivity (Wildman–Crippen MR) is 108 cm³/mol. The first-order valence-corrected chi connectivity index (χ1v) is 9.46. The molecule has 0 aliphatic heterocycles. The van der Waals surface area contributed by atoms with E-state index in [1.807, 2.05) is 13.0 Å². The van der Waals surface area contributed by atoms with Crippen LogP contribution >= 0.6 is 0 Å². The molecule has 0 heterocycles. The first-order valence-electron chi connectivity index (χ1n) is 9.46. The summed E-state index contributed by atoms with van der Waals surface area (Å²) in [6, 6.07) is 13.6. The number of phenolic OH excluding ortho intramolecular Hbond substituents is 1. The maximum absolute atomic E-state index is 11.4. The number of aromatic hydroxyl groups is 1. The number of hydrogen-bond donors (Lipinski definition) is 3. The minimum absolute atomic E-state index is 0.157. The summed E-state index contributed by atoms with van der Waals surface area (Å²) >= 11 is 0. The number of nitriles is 1. The summed E-state index contributed by atoms with van der Waals surface area (Å²) < 4.78 is 10.2. The maximum atomic E-state index is 11.4. The van der Waals surface area contributed by atoms with Gasteiger partial charge in [-0.25, -0.2) is 4.79 Å².